The number of hydrogen-bond acceptors (Lipinski definition) is 5. The van der Waals surface area contributed by atoms with Gasteiger partial charge in [-0.2, -0.15) is 0 Å². The molecule has 21 heavy (non-hydrogen) atoms. The van der Waals surface area contributed by atoms with E-state index in [1.807, 2.05) is 10.6 Å². The van der Waals surface area contributed by atoms with Gasteiger partial charge in [-0.25, -0.2) is 4.98 Å². The number of nitrogens with zero attached hydrogens (tertiary/aromatic N) is 6. The van der Waals surface area contributed by atoms with Crippen LogP contribution in [0.15, 0.2) is 49.1 Å². The van der Waals surface area contributed by atoms with Crippen molar-refractivity contribution >= 4 is 17.2 Å². The van der Waals surface area contributed by atoms with Crippen LogP contribution >= 0.6 is 0 Å². The number of aromatic nitrogens is 4. The fourth-order valence-electron chi connectivity index (χ4n) is 2.78. The summed E-state index contributed by atoms with van der Waals surface area (Å²) in [6.45, 7) is 3.85. The second-order valence-electron chi connectivity index (χ2n) is 5.12. The van der Waals surface area contributed by atoms with Crippen molar-refractivity contribution in [1.82, 2.24) is 19.6 Å². The topological polar surface area (TPSA) is 49.6 Å². The van der Waals surface area contributed by atoms with Gasteiger partial charge < -0.3 is 9.80 Å². The first-order valence-electron chi connectivity index (χ1n) is 7.11. The van der Waals surface area contributed by atoms with E-state index in [-0.39, 0.29) is 0 Å². The van der Waals surface area contributed by atoms with Gasteiger partial charge in [0.15, 0.2) is 5.82 Å². The molecular formula is C15H16N6. The largest absolute Gasteiger partial charge is 0.368 e. The number of rotatable bonds is 2. The average Bonchev–Trinajstić information content (AvgIpc) is 3.04. The third-order valence-electron chi connectivity index (χ3n) is 3.90. The van der Waals surface area contributed by atoms with Gasteiger partial charge in [0.25, 0.3) is 0 Å². The summed E-state index contributed by atoms with van der Waals surface area (Å²) in [6.07, 6.45) is 5.38. The quantitative estimate of drug-likeness (QED) is 0.711. The van der Waals surface area contributed by atoms with Crippen LogP contribution in [-0.2, 0) is 0 Å². The molecule has 0 atom stereocenters. The summed E-state index contributed by atoms with van der Waals surface area (Å²) in [5.74, 6) is 0.919. The molecule has 1 aliphatic heterocycles. The van der Waals surface area contributed by atoms with Gasteiger partial charge >= 0.3 is 0 Å². The molecular weight excluding hydrogens is 264 g/mol. The lowest BCUT2D eigenvalue weighted by molar-refractivity contribution is 0.647. The molecule has 0 spiro atoms. The Bertz CT molecular complexity index is 730. The van der Waals surface area contributed by atoms with Gasteiger partial charge in [0.2, 0.25) is 5.65 Å². The highest BCUT2D eigenvalue weighted by atomic mass is 15.3. The van der Waals surface area contributed by atoms with Crippen molar-refractivity contribution in [2.24, 2.45) is 0 Å². The molecule has 6 nitrogen and oxygen atoms in total. The smallest absolute Gasteiger partial charge is 0.203 e. The van der Waals surface area contributed by atoms with Gasteiger partial charge in [-0.15, -0.1) is 10.2 Å². The van der Waals surface area contributed by atoms with Crippen molar-refractivity contribution < 1.29 is 0 Å². The van der Waals surface area contributed by atoms with Gasteiger partial charge in [-0.1, -0.05) is 18.2 Å². The molecule has 2 aromatic heterocycles. The van der Waals surface area contributed by atoms with Crippen molar-refractivity contribution in [3.8, 4) is 0 Å². The van der Waals surface area contributed by atoms with Crippen molar-refractivity contribution in [3.05, 3.63) is 49.1 Å². The van der Waals surface area contributed by atoms with Crippen LogP contribution in [0.1, 0.15) is 0 Å². The zero-order chi connectivity index (χ0) is 14.1. The lowest BCUT2D eigenvalue weighted by Gasteiger charge is -2.36. The molecule has 0 radical (unpaired) electrons. The summed E-state index contributed by atoms with van der Waals surface area (Å²) in [7, 11) is 0. The normalized spacial score (nSPS) is 15.6. The van der Waals surface area contributed by atoms with Gasteiger partial charge in [0, 0.05) is 44.3 Å². The Morgan fingerprint density at radius 2 is 1.67 bits per heavy atom. The fraction of sp³-hybridized carbons (Fsp3) is 0.267. The summed E-state index contributed by atoms with van der Waals surface area (Å²) in [6, 6.07) is 10.5. The highest BCUT2D eigenvalue weighted by Crippen LogP contribution is 2.21. The Morgan fingerprint density at radius 1 is 0.905 bits per heavy atom. The molecule has 0 saturated carbocycles. The lowest BCUT2D eigenvalue weighted by Crippen LogP contribution is -2.47. The predicted octanol–water partition coefficient (Wildman–Crippen LogP) is 1.45. The minimum absolute atomic E-state index is 0.825. The van der Waals surface area contributed by atoms with Gasteiger partial charge in [0.05, 0.1) is 0 Å². The number of benzene rings is 1. The van der Waals surface area contributed by atoms with Crippen LogP contribution in [0.5, 0.6) is 0 Å². The molecule has 0 bridgehead atoms. The van der Waals surface area contributed by atoms with E-state index in [2.05, 4.69) is 55.3 Å². The van der Waals surface area contributed by atoms with E-state index in [9.17, 15) is 0 Å². The lowest BCUT2D eigenvalue weighted by atomic mass is 10.2. The zero-order valence-corrected chi connectivity index (χ0v) is 11.6. The van der Waals surface area contributed by atoms with Gasteiger partial charge in [-0.3, -0.25) is 4.40 Å². The van der Waals surface area contributed by atoms with E-state index >= 15 is 0 Å². The molecule has 1 aliphatic rings. The highest BCUT2D eigenvalue weighted by Gasteiger charge is 2.20. The summed E-state index contributed by atoms with van der Waals surface area (Å²) in [5, 5.41) is 8.12. The van der Waals surface area contributed by atoms with Crippen LogP contribution in [0, 0.1) is 0 Å². The third kappa shape index (κ3) is 2.18. The molecule has 4 rings (SSSR count). The number of fused-ring (bicyclic) bond motifs is 1. The van der Waals surface area contributed by atoms with Gasteiger partial charge in [-0.05, 0) is 12.1 Å². The van der Waals surface area contributed by atoms with Crippen LogP contribution < -0.4 is 9.80 Å². The van der Waals surface area contributed by atoms with Crippen molar-refractivity contribution in [3.63, 3.8) is 0 Å². The Labute approximate surface area is 122 Å². The van der Waals surface area contributed by atoms with E-state index < -0.39 is 0 Å². The van der Waals surface area contributed by atoms with Crippen molar-refractivity contribution in [1.29, 1.82) is 0 Å². The second kappa shape index (κ2) is 5.05. The molecule has 1 saturated heterocycles. The molecule has 0 unspecified atom stereocenters. The predicted molar refractivity (Wildman–Crippen MR) is 81.7 cm³/mol. The van der Waals surface area contributed by atoms with E-state index in [0.29, 0.717) is 0 Å². The summed E-state index contributed by atoms with van der Waals surface area (Å²) in [4.78, 5) is 9.17. The van der Waals surface area contributed by atoms with Crippen molar-refractivity contribution in [2.45, 2.75) is 0 Å². The molecule has 0 N–H and O–H groups in total. The fourth-order valence-corrected chi connectivity index (χ4v) is 2.78. The summed E-state index contributed by atoms with van der Waals surface area (Å²) in [5.41, 5.74) is 2.11. The zero-order valence-electron chi connectivity index (χ0n) is 11.6. The first-order valence-corrected chi connectivity index (χ1v) is 7.11. The number of piperazine rings is 1. The molecule has 1 fully saturated rings. The Morgan fingerprint density at radius 3 is 2.48 bits per heavy atom. The maximum atomic E-state index is 4.48. The van der Waals surface area contributed by atoms with Crippen molar-refractivity contribution in [2.75, 3.05) is 36.0 Å². The molecule has 3 aromatic rings. The second-order valence-corrected chi connectivity index (χ2v) is 5.12. The number of anilines is 2. The highest BCUT2D eigenvalue weighted by molar-refractivity contribution is 5.64. The maximum Gasteiger partial charge on any atom is 0.203 e. The summed E-state index contributed by atoms with van der Waals surface area (Å²) >= 11 is 0. The first kappa shape index (κ1) is 12.1. The number of para-hydroxylation sites is 1. The Kier molecular flexibility index (Phi) is 2.92. The van der Waals surface area contributed by atoms with Crippen LogP contribution in [0.3, 0.4) is 0 Å². The molecule has 1 aromatic carbocycles. The van der Waals surface area contributed by atoms with Crippen LogP contribution in [0.2, 0.25) is 0 Å². The standard InChI is InChI=1S/C15H16N6/c1-2-4-13(5-3-1)19-8-10-20(11-9-19)14-15-18-17-12-21(15)7-6-16-14/h1-7,12H,8-11H2. The van der Waals surface area contributed by atoms with E-state index in [1.54, 1.807) is 12.5 Å². The van der Waals surface area contributed by atoms with Crippen LogP contribution in [0.25, 0.3) is 5.65 Å². The third-order valence-corrected chi connectivity index (χ3v) is 3.90. The van der Waals surface area contributed by atoms with E-state index in [4.69, 9.17) is 0 Å². The Hall–Kier alpha value is -2.63. The minimum Gasteiger partial charge on any atom is -0.368 e. The Balaban J connectivity index is 1.54. The summed E-state index contributed by atoms with van der Waals surface area (Å²) < 4.78 is 1.91. The number of hydrogen-bond donors (Lipinski definition) is 0. The van der Waals surface area contributed by atoms with Crippen LogP contribution in [-0.4, -0.2) is 45.8 Å². The SMILES string of the molecule is c1ccc(N2CCN(c3nccn4cnnc34)CC2)cc1. The monoisotopic (exact) mass is 280 g/mol. The average molecular weight is 280 g/mol. The molecule has 0 amide bonds. The molecule has 6 heteroatoms. The first-order chi connectivity index (χ1) is 10.4. The molecule has 0 aliphatic carbocycles. The maximum absolute atomic E-state index is 4.48. The molecule has 3 heterocycles. The van der Waals surface area contributed by atoms with E-state index in [1.165, 1.54) is 5.69 Å². The molecule has 106 valence electrons. The minimum atomic E-state index is 0.825. The van der Waals surface area contributed by atoms with E-state index in [0.717, 1.165) is 37.6 Å². The van der Waals surface area contributed by atoms with Gasteiger partial charge in [0.1, 0.15) is 6.33 Å². The van der Waals surface area contributed by atoms with Crippen LogP contribution in [0.4, 0.5) is 11.5 Å².